The van der Waals surface area contributed by atoms with Crippen molar-refractivity contribution in [2.24, 2.45) is 11.8 Å². The number of hydrogen-bond acceptors (Lipinski definition) is 3. The summed E-state index contributed by atoms with van der Waals surface area (Å²) >= 11 is 0. The molecular formula is C14H28N2O2S. The summed E-state index contributed by atoms with van der Waals surface area (Å²) in [4.78, 5) is 0. The molecule has 112 valence electrons. The van der Waals surface area contributed by atoms with Crippen molar-refractivity contribution in [2.45, 2.75) is 45.4 Å². The lowest BCUT2D eigenvalue weighted by molar-refractivity contribution is 0.260. The van der Waals surface area contributed by atoms with Gasteiger partial charge in [0.15, 0.2) is 0 Å². The summed E-state index contributed by atoms with van der Waals surface area (Å²) in [7, 11) is -3.02. The molecular weight excluding hydrogens is 260 g/mol. The Labute approximate surface area is 118 Å². The first-order valence-corrected chi connectivity index (χ1v) is 9.41. The van der Waals surface area contributed by atoms with Crippen LogP contribution in [0.1, 0.15) is 45.4 Å². The fourth-order valence-electron chi connectivity index (χ4n) is 3.34. The Bertz CT molecular complexity index is 356. The summed E-state index contributed by atoms with van der Waals surface area (Å²) in [5.41, 5.74) is 0. The van der Waals surface area contributed by atoms with Crippen molar-refractivity contribution in [3.8, 4) is 0 Å². The van der Waals surface area contributed by atoms with E-state index in [1.54, 1.807) is 4.31 Å². The molecule has 0 radical (unpaired) electrons. The van der Waals surface area contributed by atoms with E-state index in [1.807, 2.05) is 0 Å². The molecule has 0 bridgehead atoms. The standard InChI is InChI=1S/C14H28N2O2S/c1-2-3-13-6-10-16(11-7-13)19(17,18)12-14-4-8-15-9-5-14/h13-15H,2-12H2,1H3. The van der Waals surface area contributed by atoms with Crippen LogP contribution in [0.2, 0.25) is 0 Å². The highest BCUT2D eigenvalue weighted by Crippen LogP contribution is 2.25. The largest absolute Gasteiger partial charge is 0.317 e. The molecule has 4 nitrogen and oxygen atoms in total. The van der Waals surface area contributed by atoms with Crippen LogP contribution in [-0.2, 0) is 10.0 Å². The van der Waals surface area contributed by atoms with Crippen LogP contribution in [0.5, 0.6) is 0 Å². The van der Waals surface area contributed by atoms with Gasteiger partial charge in [0.1, 0.15) is 0 Å². The molecule has 0 aliphatic carbocycles. The molecule has 0 aromatic heterocycles. The number of nitrogens with one attached hydrogen (secondary N) is 1. The zero-order valence-corrected chi connectivity index (χ0v) is 12.9. The maximum atomic E-state index is 12.4. The summed E-state index contributed by atoms with van der Waals surface area (Å²) in [6, 6.07) is 0. The SMILES string of the molecule is CCCC1CCN(S(=O)(=O)CC2CCNCC2)CC1. The zero-order chi connectivity index (χ0) is 13.7. The summed E-state index contributed by atoms with van der Waals surface area (Å²) < 4.78 is 26.6. The molecule has 0 spiro atoms. The Morgan fingerprint density at radius 1 is 1.05 bits per heavy atom. The topological polar surface area (TPSA) is 49.4 Å². The lowest BCUT2D eigenvalue weighted by Gasteiger charge is -2.32. The van der Waals surface area contributed by atoms with E-state index in [2.05, 4.69) is 12.2 Å². The van der Waals surface area contributed by atoms with Crippen LogP contribution in [0.3, 0.4) is 0 Å². The predicted molar refractivity (Wildman–Crippen MR) is 78.6 cm³/mol. The van der Waals surface area contributed by atoms with E-state index >= 15 is 0 Å². The van der Waals surface area contributed by atoms with Crippen LogP contribution in [0.4, 0.5) is 0 Å². The van der Waals surface area contributed by atoms with Crippen LogP contribution in [0, 0.1) is 11.8 Å². The maximum absolute atomic E-state index is 12.4. The van der Waals surface area contributed by atoms with Crippen molar-refractivity contribution in [2.75, 3.05) is 31.9 Å². The van der Waals surface area contributed by atoms with E-state index in [1.165, 1.54) is 12.8 Å². The van der Waals surface area contributed by atoms with Gasteiger partial charge in [-0.05, 0) is 50.6 Å². The first-order valence-electron chi connectivity index (χ1n) is 7.80. The van der Waals surface area contributed by atoms with Crippen LogP contribution in [-0.4, -0.2) is 44.7 Å². The first kappa shape index (κ1) is 15.3. The Kier molecular flexibility index (Phi) is 5.66. The number of rotatable bonds is 5. The molecule has 5 heteroatoms. The third-order valence-electron chi connectivity index (χ3n) is 4.57. The minimum absolute atomic E-state index is 0.361. The fourth-order valence-corrected chi connectivity index (χ4v) is 5.24. The monoisotopic (exact) mass is 288 g/mol. The third kappa shape index (κ3) is 4.43. The van der Waals surface area contributed by atoms with Crippen molar-refractivity contribution in [3.05, 3.63) is 0 Å². The van der Waals surface area contributed by atoms with Gasteiger partial charge >= 0.3 is 0 Å². The van der Waals surface area contributed by atoms with Crippen molar-refractivity contribution >= 4 is 10.0 Å². The molecule has 2 saturated heterocycles. The molecule has 0 amide bonds. The second-order valence-corrected chi connectivity index (χ2v) is 8.12. The molecule has 19 heavy (non-hydrogen) atoms. The van der Waals surface area contributed by atoms with Crippen molar-refractivity contribution in [1.29, 1.82) is 0 Å². The zero-order valence-electron chi connectivity index (χ0n) is 12.1. The van der Waals surface area contributed by atoms with Crippen LogP contribution in [0.15, 0.2) is 0 Å². The molecule has 2 aliphatic rings. The average Bonchev–Trinajstić information content (AvgIpc) is 2.40. The molecule has 2 fully saturated rings. The van der Waals surface area contributed by atoms with Gasteiger partial charge in [0.2, 0.25) is 10.0 Å². The molecule has 2 rings (SSSR count). The summed E-state index contributed by atoms with van der Waals surface area (Å²) in [6.45, 7) is 5.65. The third-order valence-corrected chi connectivity index (χ3v) is 6.61. The molecule has 2 heterocycles. The molecule has 0 aromatic carbocycles. The minimum atomic E-state index is -3.02. The first-order chi connectivity index (χ1) is 9.12. The number of piperidine rings is 2. The number of hydrogen-bond donors (Lipinski definition) is 1. The number of nitrogens with zero attached hydrogens (tertiary/aromatic N) is 1. The lowest BCUT2D eigenvalue weighted by Crippen LogP contribution is -2.42. The van der Waals surface area contributed by atoms with Gasteiger partial charge in [-0.3, -0.25) is 0 Å². The Balaban J connectivity index is 1.83. The van der Waals surface area contributed by atoms with Crippen LogP contribution >= 0.6 is 0 Å². The van der Waals surface area contributed by atoms with E-state index in [-0.39, 0.29) is 0 Å². The van der Waals surface area contributed by atoms with Gasteiger partial charge < -0.3 is 5.32 Å². The summed E-state index contributed by atoms with van der Waals surface area (Å²) in [5.74, 6) is 1.47. The van der Waals surface area contributed by atoms with Gasteiger partial charge in [-0.1, -0.05) is 19.8 Å². The second-order valence-electron chi connectivity index (χ2n) is 6.10. The highest BCUT2D eigenvalue weighted by Gasteiger charge is 2.30. The minimum Gasteiger partial charge on any atom is -0.317 e. The lowest BCUT2D eigenvalue weighted by atomic mass is 9.94. The van der Waals surface area contributed by atoms with Crippen LogP contribution < -0.4 is 5.32 Å². The summed E-state index contributed by atoms with van der Waals surface area (Å²) in [5, 5.41) is 3.29. The van der Waals surface area contributed by atoms with Crippen molar-refractivity contribution < 1.29 is 8.42 Å². The average molecular weight is 288 g/mol. The van der Waals surface area contributed by atoms with Gasteiger partial charge in [0.25, 0.3) is 0 Å². The van der Waals surface area contributed by atoms with Crippen molar-refractivity contribution in [3.63, 3.8) is 0 Å². The van der Waals surface area contributed by atoms with Crippen molar-refractivity contribution in [1.82, 2.24) is 9.62 Å². The normalized spacial score (nSPS) is 24.7. The molecule has 1 N–H and O–H groups in total. The van der Waals surface area contributed by atoms with Gasteiger partial charge in [0, 0.05) is 13.1 Å². The fraction of sp³-hybridized carbons (Fsp3) is 1.00. The maximum Gasteiger partial charge on any atom is 0.214 e. The van der Waals surface area contributed by atoms with Gasteiger partial charge in [-0.25, -0.2) is 12.7 Å². The number of sulfonamides is 1. The van der Waals surface area contributed by atoms with E-state index in [0.29, 0.717) is 11.7 Å². The molecule has 0 atom stereocenters. The molecule has 2 aliphatic heterocycles. The quantitative estimate of drug-likeness (QED) is 0.839. The Morgan fingerprint density at radius 3 is 2.26 bits per heavy atom. The van der Waals surface area contributed by atoms with E-state index in [0.717, 1.165) is 57.8 Å². The highest BCUT2D eigenvalue weighted by molar-refractivity contribution is 7.89. The van der Waals surface area contributed by atoms with Gasteiger partial charge in [-0.15, -0.1) is 0 Å². The van der Waals surface area contributed by atoms with E-state index in [4.69, 9.17) is 0 Å². The van der Waals surface area contributed by atoms with Crippen LogP contribution in [0.25, 0.3) is 0 Å². The van der Waals surface area contributed by atoms with E-state index < -0.39 is 10.0 Å². The Hall–Kier alpha value is -0.130. The van der Waals surface area contributed by atoms with Gasteiger partial charge in [-0.2, -0.15) is 0 Å². The van der Waals surface area contributed by atoms with E-state index in [9.17, 15) is 8.42 Å². The second kappa shape index (κ2) is 7.04. The molecule has 0 unspecified atom stereocenters. The molecule has 0 aromatic rings. The molecule has 0 saturated carbocycles. The summed E-state index contributed by atoms with van der Waals surface area (Å²) in [6.07, 6.45) is 6.59. The Morgan fingerprint density at radius 2 is 1.68 bits per heavy atom. The smallest absolute Gasteiger partial charge is 0.214 e. The van der Waals surface area contributed by atoms with Gasteiger partial charge in [0.05, 0.1) is 5.75 Å². The predicted octanol–water partition coefficient (Wildman–Crippen LogP) is 1.83. The highest BCUT2D eigenvalue weighted by atomic mass is 32.2.